The topological polar surface area (TPSA) is 78.9 Å². The molecular weight excluding hydrogens is 276 g/mol. The number of nitrogens with one attached hydrogen (secondary N) is 2. The van der Waals surface area contributed by atoms with Crippen LogP contribution in [0.4, 0.5) is 5.95 Å². The standard InChI is InChI=1S/C16H12N6/c1-2-4-14-13(3-1)20-16(21-14)22-19-10-11-5-6-12-15(9-11)18-8-7-17-12/h1-10H,(H2,20,21,22)/b19-10+. The van der Waals surface area contributed by atoms with Crippen LogP contribution in [0.2, 0.25) is 0 Å². The fraction of sp³-hybridized carbons (Fsp3) is 0. The van der Waals surface area contributed by atoms with E-state index in [1.807, 2.05) is 42.5 Å². The normalized spacial score (nSPS) is 11.5. The van der Waals surface area contributed by atoms with Gasteiger partial charge in [0.1, 0.15) is 0 Å². The van der Waals surface area contributed by atoms with Gasteiger partial charge in [-0.1, -0.05) is 18.2 Å². The summed E-state index contributed by atoms with van der Waals surface area (Å²) >= 11 is 0. The molecule has 0 saturated carbocycles. The first-order chi connectivity index (χ1) is 10.9. The number of benzene rings is 2. The van der Waals surface area contributed by atoms with Gasteiger partial charge in [-0.25, -0.2) is 10.4 Å². The van der Waals surface area contributed by atoms with Crippen LogP contribution in [0, 0.1) is 0 Å². The monoisotopic (exact) mass is 288 g/mol. The minimum absolute atomic E-state index is 0.609. The molecule has 2 aromatic carbocycles. The minimum Gasteiger partial charge on any atom is -0.323 e. The lowest BCUT2D eigenvalue weighted by Crippen LogP contribution is -1.92. The van der Waals surface area contributed by atoms with Crippen molar-refractivity contribution in [1.29, 1.82) is 0 Å². The number of hydrazone groups is 1. The van der Waals surface area contributed by atoms with E-state index in [9.17, 15) is 0 Å². The van der Waals surface area contributed by atoms with Crippen molar-refractivity contribution in [2.45, 2.75) is 0 Å². The van der Waals surface area contributed by atoms with Crippen molar-refractivity contribution in [1.82, 2.24) is 19.9 Å². The van der Waals surface area contributed by atoms with Crippen LogP contribution in [0.1, 0.15) is 5.56 Å². The van der Waals surface area contributed by atoms with Gasteiger partial charge in [0.15, 0.2) is 0 Å². The highest BCUT2D eigenvalue weighted by Crippen LogP contribution is 2.13. The van der Waals surface area contributed by atoms with Crippen molar-refractivity contribution < 1.29 is 0 Å². The van der Waals surface area contributed by atoms with Crippen molar-refractivity contribution in [2.75, 3.05) is 5.43 Å². The van der Waals surface area contributed by atoms with Crippen molar-refractivity contribution in [2.24, 2.45) is 5.10 Å². The zero-order chi connectivity index (χ0) is 14.8. The number of para-hydroxylation sites is 2. The van der Waals surface area contributed by atoms with Gasteiger partial charge >= 0.3 is 0 Å². The zero-order valence-electron chi connectivity index (χ0n) is 11.6. The van der Waals surface area contributed by atoms with E-state index in [2.05, 4.69) is 30.5 Å². The average Bonchev–Trinajstić information content (AvgIpc) is 2.97. The highest BCUT2D eigenvalue weighted by Gasteiger charge is 2.00. The van der Waals surface area contributed by atoms with E-state index in [4.69, 9.17) is 0 Å². The van der Waals surface area contributed by atoms with Crippen molar-refractivity contribution in [3.63, 3.8) is 0 Å². The first kappa shape index (κ1) is 12.5. The van der Waals surface area contributed by atoms with E-state index in [-0.39, 0.29) is 0 Å². The molecule has 0 fully saturated rings. The molecule has 0 aliphatic rings. The number of hydrogen-bond donors (Lipinski definition) is 2. The number of hydrogen-bond acceptors (Lipinski definition) is 5. The third-order valence-electron chi connectivity index (χ3n) is 3.27. The molecule has 2 N–H and O–H groups in total. The molecule has 0 spiro atoms. The molecule has 2 aromatic heterocycles. The highest BCUT2D eigenvalue weighted by molar-refractivity contribution is 5.87. The summed E-state index contributed by atoms with van der Waals surface area (Å²) in [6.07, 6.45) is 5.08. The maximum Gasteiger partial charge on any atom is 0.222 e. The molecule has 106 valence electrons. The van der Waals surface area contributed by atoms with E-state index in [0.717, 1.165) is 27.6 Å². The number of aromatic amines is 1. The third-order valence-corrected chi connectivity index (χ3v) is 3.27. The lowest BCUT2D eigenvalue weighted by molar-refractivity contribution is 1.21. The molecular formula is C16H12N6. The molecule has 0 aliphatic heterocycles. The third kappa shape index (κ3) is 2.37. The summed E-state index contributed by atoms with van der Waals surface area (Å²) in [4.78, 5) is 16.1. The van der Waals surface area contributed by atoms with Crippen molar-refractivity contribution >= 4 is 34.2 Å². The summed E-state index contributed by atoms with van der Waals surface area (Å²) in [5.41, 5.74) is 7.42. The first-order valence-corrected chi connectivity index (χ1v) is 6.83. The van der Waals surface area contributed by atoms with Gasteiger partial charge in [0.25, 0.3) is 0 Å². The Hall–Kier alpha value is -3.28. The molecule has 0 bridgehead atoms. The van der Waals surface area contributed by atoms with Gasteiger partial charge in [-0.2, -0.15) is 5.10 Å². The van der Waals surface area contributed by atoms with E-state index in [0.29, 0.717) is 5.95 Å². The first-order valence-electron chi connectivity index (χ1n) is 6.83. The van der Waals surface area contributed by atoms with Gasteiger partial charge in [-0.05, 0) is 29.8 Å². The molecule has 6 nitrogen and oxygen atoms in total. The van der Waals surface area contributed by atoms with Gasteiger partial charge in [-0.15, -0.1) is 0 Å². The van der Waals surface area contributed by atoms with Crippen molar-refractivity contribution in [3.8, 4) is 0 Å². The van der Waals surface area contributed by atoms with Crippen LogP contribution < -0.4 is 5.43 Å². The number of nitrogens with zero attached hydrogens (tertiary/aromatic N) is 4. The van der Waals surface area contributed by atoms with Crippen LogP contribution in [0.25, 0.3) is 22.1 Å². The summed E-state index contributed by atoms with van der Waals surface area (Å²) in [5, 5.41) is 4.20. The van der Waals surface area contributed by atoms with Gasteiger partial charge < -0.3 is 4.98 Å². The smallest absolute Gasteiger partial charge is 0.222 e. The van der Waals surface area contributed by atoms with Gasteiger partial charge in [0.05, 0.1) is 28.3 Å². The molecule has 0 unspecified atom stereocenters. The number of fused-ring (bicyclic) bond motifs is 2. The lowest BCUT2D eigenvalue weighted by Gasteiger charge is -1.97. The van der Waals surface area contributed by atoms with Gasteiger partial charge in [0.2, 0.25) is 5.95 Å². The summed E-state index contributed by atoms with van der Waals surface area (Å²) in [6.45, 7) is 0. The Morgan fingerprint density at radius 3 is 2.73 bits per heavy atom. The number of H-pyrrole nitrogens is 1. The number of rotatable bonds is 3. The molecule has 0 amide bonds. The molecule has 22 heavy (non-hydrogen) atoms. The van der Waals surface area contributed by atoms with Crippen LogP contribution in [0.3, 0.4) is 0 Å². The summed E-state index contributed by atoms with van der Waals surface area (Å²) < 4.78 is 0. The summed E-state index contributed by atoms with van der Waals surface area (Å²) in [6, 6.07) is 13.6. The van der Waals surface area contributed by atoms with E-state index in [1.54, 1.807) is 18.6 Å². The molecule has 0 aliphatic carbocycles. The minimum atomic E-state index is 0.609. The molecule has 4 rings (SSSR count). The quantitative estimate of drug-likeness (QED) is 0.449. The Labute approximate surface area is 126 Å². The van der Waals surface area contributed by atoms with Crippen LogP contribution in [0.5, 0.6) is 0 Å². The Bertz CT molecular complexity index is 939. The number of aromatic nitrogens is 4. The molecule has 2 heterocycles. The summed E-state index contributed by atoms with van der Waals surface area (Å²) in [5.74, 6) is 0.609. The van der Waals surface area contributed by atoms with E-state index < -0.39 is 0 Å². The highest BCUT2D eigenvalue weighted by atomic mass is 15.3. The number of imidazole rings is 1. The Morgan fingerprint density at radius 1 is 0.955 bits per heavy atom. The van der Waals surface area contributed by atoms with E-state index in [1.165, 1.54) is 0 Å². The number of anilines is 1. The Morgan fingerprint density at radius 2 is 1.82 bits per heavy atom. The van der Waals surface area contributed by atoms with Gasteiger partial charge in [0, 0.05) is 12.4 Å². The van der Waals surface area contributed by atoms with Crippen LogP contribution in [-0.2, 0) is 0 Å². The fourth-order valence-electron chi connectivity index (χ4n) is 2.23. The van der Waals surface area contributed by atoms with Gasteiger partial charge in [-0.3, -0.25) is 9.97 Å². The second-order valence-electron chi connectivity index (χ2n) is 4.78. The van der Waals surface area contributed by atoms with Crippen LogP contribution in [-0.4, -0.2) is 26.2 Å². The average molecular weight is 288 g/mol. The molecule has 4 aromatic rings. The SMILES string of the molecule is C(=N\Nc1nc2ccccc2[nH]1)/c1ccc2nccnc2c1. The molecule has 6 heteroatoms. The summed E-state index contributed by atoms with van der Waals surface area (Å²) in [7, 11) is 0. The predicted molar refractivity (Wildman–Crippen MR) is 86.8 cm³/mol. The molecule has 0 radical (unpaired) electrons. The van der Waals surface area contributed by atoms with Crippen LogP contribution >= 0.6 is 0 Å². The van der Waals surface area contributed by atoms with Crippen LogP contribution in [0.15, 0.2) is 60.0 Å². The zero-order valence-corrected chi connectivity index (χ0v) is 11.6. The predicted octanol–water partition coefficient (Wildman–Crippen LogP) is 2.95. The maximum atomic E-state index is 4.39. The molecule has 0 saturated heterocycles. The second-order valence-corrected chi connectivity index (χ2v) is 4.78. The van der Waals surface area contributed by atoms with Crippen molar-refractivity contribution in [3.05, 3.63) is 60.4 Å². The Kier molecular flexibility index (Phi) is 2.97. The maximum absolute atomic E-state index is 4.39. The molecule has 0 atom stereocenters. The largest absolute Gasteiger partial charge is 0.323 e. The second kappa shape index (κ2) is 5.25. The fourth-order valence-corrected chi connectivity index (χ4v) is 2.23. The Balaban J connectivity index is 1.55. The van der Waals surface area contributed by atoms with E-state index >= 15 is 0 Å². The lowest BCUT2D eigenvalue weighted by atomic mass is 10.2.